The summed E-state index contributed by atoms with van der Waals surface area (Å²) in [7, 11) is 5.60. The molecule has 0 atom stereocenters. The summed E-state index contributed by atoms with van der Waals surface area (Å²) in [6, 6.07) is 6.06. The minimum Gasteiger partial charge on any atom is -0.497 e. The monoisotopic (exact) mass is 263 g/mol. The number of benzene rings is 1. The summed E-state index contributed by atoms with van der Waals surface area (Å²) in [5.41, 5.74) is 1.23. The van der Waals surface area contributed by atoms with Crippen LogP contribution < -0.4 is 9.47 Å². The van der Waals surface area contributed by atoms with Crippen LogP contribution in [0.25, 0.3) is 0 Å². The van der Waals surface area contributed by atoms with Crippen LogP contribution in [0, 0.1) is 5.92 Å². The second-order valence-electron chi connectivity index (χ2n) is 5.53. The van der Waals surface area contributed by atoms with Gasteiger partial charge in [-0.1, -0.05) is 18.9 Å². The average Bonchev–Trinajstić information content (AvgIpc) is 2.91. The van der Waals surface area contributed by atoms with Crippen LogP contribution in [-0.4, -0.2) is 32.7 Å². The van der Waals surface area contributed by atoms with Crippen LogP contribution in [0.5, 0.6) is 11.5 Å². The third-order valence-electron chi connectivity index (χ3n) is 3.98. The Morgan fingerprint density at radius 2 is 1.89 bits per heavy atom. The largest absolute Gasteiger partial charge is 0.497 e. The maximum atomic E-state index is 5.45. The molecule has 19 heavy (non-hydrogen) atoms. The van der Waals surface area contributed by atoms with Crippen molar-refractivity contribution >= 4 is 0 Å². The smallest absolute Gasteiger partial charge is 0.127 e. The van der Waals surface area contributed by atoms with Crippen molar-refractivity contribution in [2.45, 2.75) is 32.2 Å². The Hall–Kier alpha value is -1.22. The molecule has 3 heteroatoms. The van der Waals surface area contributed by atoms with Gasteiger partial charge in [0.25, 0.3) is 0 Å². The van der Waals surface area contributed by atoms with E-state index in [4.69, 9.17) is 9.47 Å². The first-order valence-electron chi connectivity index (χ1n) is 7.12. The van der Waals surface area contributed by atoms with Gasteiger partial charge in [0, 0.05) is 24.7 Å². The zero-order valence-electron chi connectivity index (χ0n) is 12.3. The van der Waals surface area contributed by atoms with Gasteiger partial charge in [-0.05, 0) is 31.9 Å². The van der Waals surface area contributed by atoms with Crippen molar-refractivity contribution in [3.8, 4) is 11.5 Å². The van der Waals surface area contributed by atoms with E-state index in [-0.39, 0.29) is 0 Å². The van der Waals surface area contributed by atoms with Crippen molar-refractivity contribution in [1.82, 2.24) is 4.90 Å². The maximum absolute atomic E-state index is 5.45. The first-order chi connectivity index (χ1) is 9.22. The van der Waals surface area contributed by atoms with Crippen LogP contribution in [-0.2, 0) is 6.54 Å². The summed E-state index contributed by atoms with van der Waals surface area (Å²) in [6.07, 6.45) is 5.60. The first kappa shape index (κ1) is 14.2. The number of hydrogen-bond acceptors (Lipinski definition) is 3. The Labute approximate surface area is 116 Å². The highest BCUT2D eigenvalue weighted by molar-refractivity contribution is 5.40. The van der Waals surface area contributed by atoms with Crippen LogP contribution >= 0.6 is 0 Å². The summed E-state index contributed by atoms with van der Waals surface area (Å²) >= 11 is 0. The van der Waals surface area contributed by atoms with E-state index in [2.05, 4.69) is 18.0 Å². The Bertz CT molecular complexity index is 400. The van der Waals surface area contributed by atoms with Gasteiger partial charge in [-0.3, -0.25) is 0 Å². The van der Waals surface area contributed by atoms with Crippen molar-refractivity contribution in [3.63, 3.8) is 0 Å². The van der Waals surface area contributed by atoms with Gasteiger partial charge in [0.15, 0.2) is 0 Å². The molecule has 0 aliphatic heterocycles. The molecule has 1 saturated carbocycles. The highest BCUT2D eigenvalue weighted by Gasteiger charge is 2.17. The van der Waals surface area contributed by atoms with Gasteiger partial charge in [0.2, 0.25) is 0 Å². The fourth-order valence-electron chi connectivity index (χ4n) is 2.97. The SMILES string of the molecule is COc1ccc(CN(C)CC2CCCC2)c(OC)c1. The van der Waals surface area contributed by atoms with Crippen molar-refractivity contribution in [2.75, 3.05) is 27.8 Å². The number of ether oxygens (including phenoxy) is 2. The molecule has 0 radical (unpaired) electrons. The summed E-state index contributed by atoms with van der Waals surface area (Å²) < 4.78 is 10.7. The van der Waals surface area contributed by atoms with Crippen LogP contribution in [0.3, 0.4) is 0 Å². The van der Waals surface area contributed by atoms with Gasteiger partial charge in [0.1, 0.15) is 11.5 Å². The second-order valence-corrected chi connectivity index (χ2v) is 5.53. The van der Waals surface area contributed by atoms with Crippen molar-refractivity contribution in [2.24, 2.45) is 5.92 Å². The molecule has 2 rings (SSSR count). The van der Waals surface area contributed by atoms with E-state index < -0.39 is 0 Å². The number of methoxy groups -OCH3 is 2. The Balaban J connectivity index is 1.96. The van der Waals surface area contributed by atoms with E-state index in [9.17, 15) is 0 Å². The van der Waals surface area contributed by atoms with Gasteiger partial charge in [-0.15, -0.1) is 0 Å². The molecule has 0 bridgehead atoms. The molecule has 0 N–H and O–H groups in total. The predicted octanol–water partition coefficient (Wildman–Crippen LogP) is 3.33. The molecule has 106 valence electrons. The van der Waals surface area contributed by atoms with E-state index in [1.807, 2.05) is 12.1 Å². The van der Waals surface area contributed by atoms with Crippen LogP contribution in [0.15, 0.2) is 18.2 Å². The molecule has 0 spiro atoms. The normalized spacial score (nSPS) is 16.0. The fraction of sp³-hybridized carbons (Fsp3) is 0.625. The molecule has 0 unspecified atom stereocenters. The fourth-order valence-corrected chi connectivity index (χ4v) is 2.97. The molecule has 0 heterocycles. The number of hydrogen-bond donors (Lipinski definition) is 0. The van der Waals surface area contributed by atoms with Crippen LogP contribution in [0.1, 0.15) is 31.2 Å². The Morgan fingerprint density at radius 3 is 2.53 bits per heavy atom. The lowest BCUT2D eigenvalue weighted by Crippen LogP contribution is -2.24. The van der Waals surface area contributed by atoms with E-state index in [1.165, 1.54) is 37.8 Å². The van der Waals surface area contributed by atoms with E-state index in [0.717, 1.165) is 24.0 Å². The summed E-state index contributed by atoms with van der Waals surface area (Å²) in [5.74, 6) is 2.64. The van der Waals surface area contributed by atoms with Gasteiger partial charge >= 0.3 is 0 Å². The van der Waals surface area contributed by atoms with Gasteiger partial charge < -0.3 is 14.4 Å². The van der Waals surface area contributed by atoms with Gasteiger partial charge in [0.05, 0.1) is 14.2 Å². The molecular formula is C16H25NO2. The summed E-state index contributed by atoms with van der Waals surface area (Å²) in [6.45, 7) is 2.12. The van der Waals surface area contributed by atoms with Crippen molar-refractivity contribution < 1.29 is 9.47 Å². The van der Waals surface area contributed by atoms with Crippen molar-refractivity contribution in [3.05, 3.63) is 23.8 Å². The number of nitrogens with zero attached hydrogens (tertiary/aromatic N) is 1. The van der Waals surface area contributed by atoms with Crippen LogP contribution in [0.4, 0.5) is 0 Å². The molecule has 0 saturated heterocycles. The van der Waals surface area contributed by atoms with Crippen LogP contribution in [0.2, 0.25) is 0 Å². The molecule has 1 aliphatic rings. The minimum atomic E-state index is 0.846. The summed E-state index contributed by atoms with van der Waals surface area (Å²) in [5, 5.41) is 0. The zero-order valence-corrected chi connectivity index (χ0v) is 12.3. The third-order valence-corrected chi connectivity index (χ3v) is 3.98. The standard InChI is InChI=1S/C16H25NO2/c1-17(11-13-6-4-5-7-13)12-14-8-9-15(18-2)10-16(14)19-3/h8-10,13H,4-7,11-12H2,1-3H3. The third kappa shape index (κ3) is 3.87. The summed E-state index contributed by atoms with van der Waals surface area (Å²) in [4.78, 5) is 2.40. The van der Waals surface area contributed by atoms with E-state index in [1.54, 1.807) is 14.2 Å². The average molecular weight is 263 g/mol. The first-order valence-corrected chi connectivity index (χ1v) is 7.12. The second kappa shape index (κ2) is 6.80. The lowest BCUT2D eigenvalue weighted by Gasteiger charge is -2.22. The molecule has 0 aromatic heterocycles. The molecule has 3 nitrogen and oxygen atoms in total. The molecular weight excluding hydrogens is 238 g/mol. The van der Waals surface area contributed by atoms with Gasteiger partial charge in [-0.2, -0.15) is 0 Å². The van der Waals surface area contributed by atoms with Crippen molar-refractivity contribution in [1.29, 1.82) is 0 Å². The highest BCUT2D eigenvalue weighted by atomic mass is 16.5. The van der Waals surface area contributed by atoms with Gasteiger partial charge in [-0.25, -0.2) is 0 Å². The maximum Gasteiger partial charge on any atom is 0.127 e. The zero-order chi connectivity index (χ0) is 13.7. The molecule has 1 aliphatic carbocycles. The Morgan fingerprint density at radius 1 is 1.16 bits per heavy atom. The molecule has 1 aromatic carbocycles. The Kier molecular flexibility index (Phi) is 5.08. The molecule has 1 fully saturated rings. The molecule has 1 aromatic rings. The number of rotatable bonds is 6. The minimum absolute atomic E-state index is 0.846. The topological polar surface area (TPSA) is 21.7 Å². The highest BCUT2D eigenvalue weighted by Crippen LogP contribution is 2.28. The molecule has 0 amide bonds. The predicted molar refractivity (Wildman–Crippen MR) is 77.8 cm³/mol. The van der Waals surface area contributed by atoms with E-state index in [0.29, 0.717) is 0 Å². The van der Waals surface area contributed by atoms with E-state index >= 15 is 0 Å². The quantitative estimate of drug-likeness (QED) is 0.786. The lowest BCUT2D eigenvalue weighted by atomic mass is 10.1. The lowest BCUT2D eigenvalue weighted by molar-refractivity contribution is 0.266.